The highest BCUT2D eigenvalue weighted by atomic mass is 35.5. The highest BCUT2D eigenvalue weighted by Crippen LogP contribution is 2.21. The van der Waals surface area contributed by atoms with Crippen molar-refractivity contribution in [3.63, 3.8) is 0 Å². The number of hydrogen-bond acceptors (Lipinski definition) is 3. The Morgan fingerprint density at radius 2 is 1.93 bits per heavy atom. The molecule has 0 aliphatic heterocycles. The van der Waals surface area contributed by atoms with Crippen LogP contribution in [0.4, 0.5) is 0 Å². The molecule has 78 valence electrons. The van der Waals surface area contributed by atoms with Crippen LogP contribution in [-0.2, 0) is 0 Å². The molecule has 0 atom stereocenters. The lowest BCUT2D eigenvalue weighted by molar-refractivity contribution is 0.0663. The van der Waals surface area contributed by atoms with Gasteiger partial charge >= 0.3 is 5.97 Å². The summed E-state index contributed by atoms with van der Waals surface area (Å²) in [5.41, 5.74) is 1.09. The van der Waals surface area contributed by atoms with Crippen molar-refractivity contribution in [3.05, 3.63) is 42.5 Å². The second-order valence-electron chi connectivity index (χ2n) is 2.70. The van der Waals surface area contributed by atoms with Gasteiger partial charge in [0.25, 0.3) is 0 Å². The van der Waals surface area contributed by atoms with Gasteiger partial charge in [-0.15, -0.1) is 12.4 Å². The van der Waals surface area contributed by atoms with E-state index >= 15 is 0 Å². The SMILES string of the molecule is Cl.O=C(O)c1ocnc1-c1ccccc1. The number of hydrogen-bond donors (Lipinski definition) is 1. The maximum absolute atomic E-state index is 10.7. The molecular weight excluding hydrogens is 218 g/mol. The average molecular weight is 226 g/mol. The molecule has 0 bridgehead atoms. The average Bonchev–Trinajstić information content (AvgIpc) is 2.67. The van der Waals surface area contributed by atoms with Gasteiger partial charge < -0.3 is 9.52 Å². The molecule has 2 rings (SSSR count). The molecule has 0 aliphatic rings. The summed E-state index contributed by atoms with van der Waals surface area (Å²) in [6, 6.07) is 9.05. The van der Waals surface area contributed by atoms with Gasteiger partial charge in [-0.1, -0.05) is 30.3 Å². The predicted octanol–water partition coefficient (Wildman–Crippen LogP) is 2.46. The first-order chi connectivity index (χ1) is 6.79. The molecule has 5 heteroatoms. The summed E-state index contributed by atoms with van der Waals surface area (Å²) < 4.78 is 4.77. The predicted molar refractivity (Wildman–Crippen MR) is 56.1 cm³/mol. The number of oxazole rings is 1. The standard InChI is InChI=1S/C10H7NO3.ClH/c12-10(13)9-8(11-6-14-9)7-4-2-1-3-5-7;/h1-6H,(H,12,13);1H. The molecule has 1 N–H and O–H groups in total. The second-order valence-corrected chi connectivity index (χ2v) is 2.70. The fourth-order valence-corrected chi connectivity index (χ4v) is 1.20. The normalized spacial score (nSPS) is 9.33. The molecule has 2 aromatic rings. The topological polar surface area (TPSA) is 63.3 Å². The molecule has 0 radical (unpaired) electrons. The molecule has 0 saturated carbocycles. The summed E-state index contributed by atoms with van der Waals surface area (Å²) in [7, 11) is 0. The Morgan fingerprint density at radius 3 is 2.53 bits per heavy atom. The van der Waals surface area contributed by atoms with Crippen LogP contribution in [0.2, 0.25) is 0 Å². The number of carbonyl (C=O) groups is 1. The van der Waals surface area contributed by atoms with E-state index in [1.54, 1.807) is 12.1 Å². The molecule has 4 nitrogen and oxygen atoms in total. The van der Waals surface area contributed by atoms with E-state index in [2.05, 4.69) is 4.98 Å². The second kappa shape index (κ2) is 4.61. The first kappa shape index (κ1) is 11.3. The number of carboxylic acid groups (broad SMARTS) is 1. The molecular formula is C10H8ClNO3. The molecule has 15 heavy (non-hydrogen) atoms. The molecule has 0 saturated heterocycles. The molecule has 1 aromatic heterocycles. The zero-order valence-electron chi connectivity index (χ0n) is 7.58. The smallest absolute Gasteiger partial charge is 0.374 e. The summed E-state index contributed by atoms with van der Waals surface area (Å²) in [6.45, 7) is 0. The minimum absolute atomic E-state index is 0. The van der Waals surface area contributed by atoms with Crippen LogP contribution in [0.5, 0.6) is 0 Å². The Kier molecular flexibility index (Phi) is 3.46. The Labute approximate surface area is 92.0 Å². The molecule has 0 fully saturated rings. The van der Waals surface area contributed by atoms with E-state index in [1.807, 2.05) is 18.2 Å². The van der Waals surface area contributed by atoms with Gasteiger partial charge in [0.05, 0.1) is 0 Å². The van der Waals surface area contributed by atoms with Crippen LogP contribution in [0.1, 0.15) is 10.6 Å². The zero-order valence-corrected chi connectivity index (χ0v) is 8.40. The van der Waals surface area contributed by atoms with E-state index in [9.17, 15) is 4.79 Å². The Balaban J connectivity index is 0.00000112. The van der Waals surface area contributed by atoms with Gasteiger partial charge in [-0.05, 0) is 0 Å². The molecule has 1 aromatic carbocycles. The third kappa shape index (κ3) is 2.16. The fourth-order valence-electron chi connectivity index (χ4n) is 1.20. The van der Waals surface area contributed by atoms with Crippen LogP contribution in [0.15, 0.2) is 41.1 Å². The van der Waals surface area contributed by atoms with Crippen molar-refractivity contribution in [2.75, 3.05) is 0 Å². The van der Waals surface area contributed by atoms with Crippen molar-refractivity contribution < 1.29 is 14.3 Å². The van der Waals surface area contributed by atoms with Crippen molar-refractivity contribution >= 4 is 18.4 Å². The van der Waals surface area contributed by atoms with E-state index < -0.39 is 5.97 Å². The molecule has 0 spiro atoms. The van der Waals surface area contributed by atoms with Crippen molar-refractivity contribution in [1.82, 2.24) is 4.98 Å². The van der Waals surface area contributed by atoms with Crippen molar-refractivity contribution in [2.24, 2.45) is 0 Å². The minimum atomic E-state index is -1.11. The number of benzene rings is 1. The van der Waals surface area contributed by atoms with Gasteiger partial charge in [-0.3, -0.25) is 0 Å². The number of aromatic nitrogens is 1. The van der Waals surface area contributed by atoms with Crippen LogP contribution in [0.25, 0.3) is 11.3 Å². The molecule has 0 amide bonds. The van der Waals surface area contributed by atoms with Crippen LogP contribution in [-0.4, -0.2) is 16.1 Å². The Hall–Kier alpha value is -1.81. The van der Waals surface area contributed by atoms with Crippen molar-refractivity contribution in [3.8, 4) is 11.3 Å². The van der Waals surface area contributed by atoms with Crippen LogP contribution >= 0.6 is 12.4 Å². The van der Waals surface area contributed by atoms with Gasteiger partial charge in [0.1, 0.15) is 5.69 Å². The summed E-state index contributed by atoms with van der Waals surface area (Å²) in [6.07, 6.45) is 1.13. The minimum Gasteiger partial charge on any atom is -0.475 e. The van der Waals surface area contributed by atoms with E-state index in [1.165, 1.54) is 0 Å². The van der Waals surface area contributed by atoms with Crippen LogP contribution < -0.4 is 0 Å². The van der Waals surface area contributed by atoms with E-state index in [0.29, 0.717) is 5.69 Å². The maximum Gasteiger partial charge on any atom is 0.374 e. The van der Waals surface area contributed by atoms with Gasteiger partial charge in [-0.2, -0.15) is 0 Å². The number of aromatic carboxylic acids is 1. The summed E-state index contributed by atoms with van der Waals surface area (Å²) in [5.74, 6) is -1.24. The quantitative estimate of drug-likeness (QED) is 0.853. The van der Waals surface area contributed by atoms with Gasteiger partial charge in [0.2, 0.25) is 5.76 Å². The third-order valence-electron chi connectivity index (χ3n) is 1.81. The molecule has 0 aliphatic carbocycles. The largest absolute Gasteiger partial charge is 0.475 e. The number of carboxylic acids is 1. The lowest BCUT2D eigenvalue weighted by Crippen LogP contribution is -1.96. The van der Waals surface area contributed by atoms with Crippen molar-refractivity contribution in [2.45, 2.75) is 0 Å². The maximum atomic E-state index is 10.7. The Morgan fingerprint density at radius 1 is 1.27 bits per heavy atom. The third-order valence-corrected chi connectivity index (χ3v) is 1.81. The van der Waals surface area contributed by atoms with E-state index in [0.717, 1.165) is 12.0 Å². The van der Waals surface area contributed by atoms with Gasteiger partial charge in [0.15, 0.2) is 6.39 Å². The van der Waals surface area contributed by atoms with Crippen LogP contribution in [0, 0.1) is 0 Å². The lowest BCUT2D eigenvalue weighted by atomic mass is 10.1. The summed E-state index contributed by atoms with van der Waals surface area (Å²) in [5, 5.41) is 8.78. The fraction of sp³-hybridized carbons (Fsp3) is 0. The van der Waals surface area contributed by atoms with Gasteiger partial charge in [-0.25, -0.2) is 9.78 Å². The van der Waals surface area contributed by atoms with Crippen LogP contribution in [0.3, 0.4) is 0 Å². The van der Waals surface area contributed by atoms with E-state index in [4.69, 9.17) is 9.52 Å². The summed E-state index contributed by atoms with van der Waals surface area (Å²) >= 11 is 0. The number of rotatable bonds is 2. The highest BCUT2D eigenvalue weighted by Gasteiger charge is 2.16. The molecule has 1 heterocycles. The highest BCUT2D eigenvalue weighted by molar-refractivity contribution is 5.91. The zero-order chi connectivity index (χ0) is 9.97. The van der Waals surface area contributed by atoms with E-state index in [-0.39, 0.29) is 18.2 Å². The first-order valence-electron chi connectivity index (χ1n) is 4.01. The Bertz CT molecular complexity index is 453. The number of halogens is 1. The lowest BCUT2D eigenvalue weighted by Gasteiger charge is -1.95. The number of nitrogens with zero attached hydrogens (tertiary/aromatic N) is 1. The molecule has 0 unspecified atom stereocenters. The van der Waals surface area contributed by atoms with Gasteiger partial charge in [0, 0.05) is 5.56 Å². The summed E-state index contributed by atoms with van der Waals surface area (Å²) in [4.78, 5) is 14.6. The van der Waals surface area contributed by atoms with Crippen molar-refractivity contribution in [1.29, 1.82) is 0 Å². The monoisotopic (exact) mass is 225 g/mol. The first-order valence-corrected chi connectivity index (χ1v) is 4.01.